The van der Waals surface area contributed by atoms with Gasteiger partial charge in [-0.3, -0.25) is 14.6 Å². The number of ether oxygens (including phenoxy) is 1. The van der Waals surface area contributed by atoms with Gasteiger partial charge in [0.05, 0.1) is 17.5 Å². The molecule has 0 bridgehead atoms. The van der Waals surface area contributed by atoms with Crippen molar-refractivity contribution in [1.29, 1.82) is 0 Å². The van der Waals surface area contributed by atoms with Gasteiger partial charge in [0.1, 0.15) is 5.70 Å². The summed E-state index contributed by atoms with van der Waals surface area (Å²) < 4.78 is 47.0. The van der Waals surface area contributed by atoms with Gasteiger partial charge >= 0.3 is 6.18 Å². The SMILES string of the molecule is CCOC1(c2cccnc2)C=CC(N2CCN(C(=O)C3(CC(F)(F)F)CCCC3)C[C@H]2CC)=C(C(=O)N[C@@H]2CCN(C)C2)N1. The second-order valence-electron chi connectivity index (χ2n) is 12.6. The maximum absolute atomic E-state index is 14.0. The number of amides is 2. The summed E-state index contributed by atoms with van der Waals surface area (Å²) in [7, 11) is 2.03. The summed E-state index contributed by atoms with van der Waals surface area (Å²) in [5.41, 5.74) is -0.695. The molecule has 2 N–H and O–H groups in total. The van der Waals surface area contributed by atoms with E-state index in [0.717, 1.165) is 25.1 Å². The van der Waals surface area contributed by atoms with Gasteiger partial charge in [-0.15, -0.1) is 0 Å². The standard InChI is InChI=1S/C32H45F3N6O3/c1-4-25-21-40(29(43)30(12-6-7-13-30)22-32(33,34)35)17-18-41(25)26-10-14-31(44-5-2,23-9-8-15-36-19-23)38-27(26)28(42)37-24-11-16-39(3)20-24/h8-10,14-15,19,24-25,38H,4-7,11-13,16-18,20-22H2,1-3H3,(H,37,42)/t24-,25-,31?/m1/s1. The normalized spacial score (nSPS) is 27.5. The van der Waals surface area contributed by atoms with Gasteiger partial charge in [-0.05, 0) is 64.4 Å². The fourth-order valence-electron chi connectivity index (χ4n) is 7.38. The smallest absolute Gasteiger partial charge is 0.363 e. The summed E-state index contributed by atoms with van der Waals surface area (Å²) in [6.07, 6.45) is 5.02. The van der Waals surface area contributed by atoms with Gasteiger partial charge in [0, 0.05) is 62.8 Å². The van der Waals surface area contributed by atoms with Crippen molar-refractivity contribution < 1.29 is 27.5 Å². The van der Waals surface area contributed by atoms with E-state index in [9.17, 15) is 22.8 Å². The topological polar surface area (TPSA) is 90.0 Å². The average molecular weight is 619 g/mol. The number of aromatic nitrogens is 1. The van der Waals surface area contributed by atoms with Crippen LogP contribution in [-0.2, 0) is 20.1 Å². The first-order valence-electron chi connectivity index (χ1n) is 15.9. The first-order chi connectivity index (χ1) is 21.0. The number of hydrogen-bond acceptors (Lipinski definition) is 7. The van der Waals surface area contributed by atoms with Crippen molar-refractivity contribution >= 4 is 11.8 Å². The Kier molecular flexibility index (Phi) is 9.60. The van der Waals surface area contributed by atoms with E-state index in [-0.39, 0.29) is 43.3 Å². The molecule has 4 aliphatic rings. The van der Waals surface area contributed by atoms with Crippen LogP contribution < -0.4 is 10.6 Å². The van der Waals surface area contributed by atoms with Gasteiger partial charge in [-0.1, -0.05) is 25.8 Å². The molecule has 3 fully saturated rings. The zero-order valence-electron chi connectivity index (χ0n) is 26.0. The van der Waals surface area contributed by atoms with Crippen molar-refractivity contribution in [2.45, 2.75) is 82.8 Å². The maximum atomic E-state index is 14.0. The van der Waals surface area contributed by atoms with Gasteiger partial charge in [0.15, 0.2) is 5.72 Å². The Morgan fingerprint density at radius 1 is 1.16 bits per heavy atom. The molecule has 4 heterocycles. The maximum Gasteiger partial charge on any atom is 0.390 e. The van der Waals surface area contributed by atoms with E-state index < -0.39 is 23.7 Å². The van der Waals surface area contributed by atoms with Crippen LogP contribution in [0, 0.1) is 5.41 Å². The molecule has 12 heteroatoms. The highest BCUT2D eigenvalue weighted by atomic mass is 19.4. The number of piperazine rings is 1. The number of carbonyl (C=O) groups excluding carboxylic acids is 2. The highest BCUT2D eigenvalue weighted by Crippen LogP contribution is 2.47. The molecule has 1 aliphatic carbocycles. The molecule has 9 nitrogen and oxygen atoms in total. The van der Waals surface area contributed by atoms with Gasteiger partial charge < -0.3 is 30.1 Å². The summed E-state index contributed by atoms with van der Waals surface area (Å²) in [5.74, 6) is -0.631. The lowest BCUT2D eigenvalue weighted by molar-refractivity contribution is -0.175. The van der Waals surface area contributed by atoms with Crippen molar-refractivity contribution in [3.63, 3.8) is 0 Å². The van der Waals surface area contributed by atoms with E-state index in [2.05, 4.69) is 25.4 Å². The van der Waals surface area contributed by atoms with Crippen LogP contribution in [0.2, 0.25) is 0 Å². The average Bonchev–Trinajstić information content (AvgIpc) is 3.65. The highest BCUT2D eigenvalue weighted by molar-refractivity contribution is 5.95. The minimum atomic E-state index is -4.40. The number of hydrogen-bond donors (Lipinski definition) is 2. The molecule has 0 spiro atoms. The largest absolute Gasteiger partial charge is 0.390 e. The summed E-state index contributed by atoms with van der Waals surface area (Å²) in [4.78, 5) is 37.9. The second-order valence-corrected chi connectivity index (χ2v) is 12.6. The molecule has 1 saturated carbocycles. The third kappa shape index (κ3) is 6.75. The third-order valence-corrected chi connectivity index (χ3v) is 9.56. The first kappa shape index (κ1) is 32.3. The number of halogens is 3. The summed E-state index contributed by atoms with van der Waals surface area (Å²) in [6, 6.07) is 3.53. The number of allylic oxidation sites excluding steroid dienone is 1. The number of likely N-dealkylation sites (N-methyl/N-ethyl adjacent to an activating group) is 1. The fraction of sp³-hybridized carbons (Fsp3) is 0.656. The van der Waals surface area contributed by atoms with E-state index in [1.807, 2.05) is 45.2 Å². The molecule has 1 aromatic heterocycles. The monoisotopic (exact) mass is 618 g/mol. The lowest BCUT2D eigenvalue weighted by Crippen LogP contribution is -2.58. The summed E-state index contributed by atoms with van der Waals surface area (Å²) in [5, 5.41) is 6.63. The highest BCUT2D eigenvalue weighted by Gasteiger charge is 2.51. The second kappa shape index (κ2) is 13.1. The van der Waals surface area contributed by atoms with Crippen LogP contribution >= 0.6 is 0 Å². The van der Waals surface area contributed by atoms with Crippen LogP contribution in [0.25, 0.3) is 0 Å². The molecule has 3 aliphatic heterocycles. The zero-order valence-corrected chi connectivity index (χ0v) is 26.0. The number of alkyl halides is 3. The van der Waals surface area contributed by atoms with Crippen LogP contribution in [-0.4, -0.2) is 96.1 Å². The molecule has 5 rings (SSSR count). The Morgan fingerprint density at radius 2 is 1.93 bits per heavy atom. The molecular formula is C32H45F3N6O3. The molecular weight excluding hydrogens is 573 g/mol. The van der Waals surface area contributed by atoms with Gasteiger partial charge in [0.25, 0.3) is 5.91 Å². The third-order valence-electron chi connectivity index (χ3n) is 9.56. The van der Waals surface area contributed by atoms with Gasteiger partial charge in [-0.2, -0.15) is 13.2 Å². The van der Waals surface area contributed by atoms with Gasteiger partial charge in [-0.25, -0.2) is 0 Å². The van der Waals surface area contributed by atoms with E-state index in [4.69, 9.17) is 4.74 Å². The molecule has 0 aromatic carbocycles. The number of nitrogens with zero attached hydrogens (tertiary/aromatic N) is 4. The summed E-state index contributed by atoms with van der Waals surface area (Å²) >= 11 is 0. The van der Waals surface area contributed by atoms with Crippen LogP contribution in [0.4, 0.5) is 13.2 Å². The molecule has 44 heavy (non-hydrogen) atoms. The van der Waals surface area contributed by atoms with Crippen LogP contribution in [0.15, 0.2) is 48.1 Å². The number of dihydropyridines is 1. The fourth-order valence-corrected chi connectivity index (χ4v) is 7.38. The lowest BCUT2D eigenvalue weighted by Gasteiger charge is -2.47. The van der Waals surface area contributed by atoms with Crippen LogP contribution in [0.5, 0.6) is 0 Å². The lowest BCUT2D eigenvalue weighted by atomic mass is 9.80. The zero-order chi connectivity index (χ0) is 31.5. The Morgan fingerprint density at radius 3 is 2.55 bits per heavy atom. The van der Waals surface area contributed by atoms with Crippen molar-refractivity contribution in [3.8, 4) is 0 Å². The van der Waals surface area contributed by atoms with Crippen LogP contribution in [0.3, 0.4) is 0 Å². The minimum absolute atomic E-state index is 0.00140. The van der Waals surface area contributed by atoms with E-state index in [1.165, 1.54) is 0 Å². The van der Waals surface area contributed by atoms with Gasteiger partial charge in [0.2, 0.25) is 5.91 Å². The van der Waals surface area contributed by atoms with Crippen molar-refractivity contribution in [1.82, 2.24) is 30.3 Å². The molecule has 0 radical (unpaired) electrons. The van der Waals surface area contributed by atoms with E-state index >= 15 is 0 Å². The Bertz CT molecular complexity index is 1250. The molecule has 2 amide bonds. The number of likely N-dealkylation sites (tertiary alicyclic amines) is 1. The summed E-state index contributed by atoms with van der Waals surface area (Å²) in [6.45, 7) is 6.89. The molecule has 242 valence electrons. The van der Waals surface area contributed by atoms with Crippen molar-refractivity contribution in [3.05, 3.63) is 53.6 Å². The number of rotatable bonds is 9. The quantitative estimate of drug-likeness (QED) is 0.434. The predicted molar refractivity (Wildman–Crippen MR) is 160 cm³/mol. The number of pyridine rings is 1. The molecule has 3 atom stereocenters. The Hall–Kier alpha value is -3.12. The first-order valence-corrected chi connectivity index (χ1v) is 15.9. The van der Waals surface area contributed by atoms with E-state index in [0.29, 0.717) is 50.4 Å². The van der Waals surface area contributed by atoms with E-state index in [1.54, 1.807) is 17.3 Å². The van der Waals surface area contributed by atoms with Crippen molar-refractivity contribution in [2.75, 3.05) is 46.4 Å². The molecule has 2 saturated heterocycles. The molecule has 1 aromatic rings. The number of carbonyl (C=O) groups is 2. The number of nitrogens with one attached hydrogen (secondary N) is 2. The minimum Gasteiger partial charge on any atom is -0.363 e. The Labute approximate surface area is 257 Å². The van der Waals surface area contributed by atoms with Crippen LogP contribution in [0.1, 0.15) is 64.4 Å². The predicted octanol–water partition coefficient (Wildman–Crippen LogP) is 3.90. The van der Waals surface area contributed by atoms with Crippen molar-refractivity contribution in [2.24, 2.45) is 5.41 Å². The Balaban J connectivity index is 1.44. The molecule has 1 unspecified atom stereocenters.